The minimum Gasteiger partial charge on any atom is -0.393 e. The van der Waals surface area contributed by atoms with Gasteiger partial charge in [0, 0.05) is 25.3 Å². The van der Waals surface area contributed by atoms with Crippen molar-refractivity contribution in [3.05, 3.63) is 35.4 Å². The molecule has 1 aliphatic heterocycles. The van der Waals surface area contributed by atoms with Crippen LogP contribution in [0.15, 0.2) is 24.3 Å². The fourth-order valence-electron chi connectivity index (χ4n) is 2.56. The van der Waals surface area contributed by atoms with Crippen molar-refractivity contribution in [3.8, 4) is 0 Å². The number of carbonyl (C=O) groups excluding carboxylic acids is 1. The van der Waals surface area contributed by atoms with E-state index in [0.717, 1.165) is 31.6 Å². The van der Waals surface area contributed by atoms with Crippen molar-refractivity contribution in [2.75, 3.05) is 19.8 Å². The molecule has 1 aliphatic rings. The summed E-state index contributed by atoms with van der Waals surface area (Å²) in [5, 5.41) is 13.0. The molecule has 110 valence electrons. The van der Waals surface area contributed by atoms with Gasteiger partial charge in [0.05, 0.1) is 6.10 Å². The minimum absolute atomic E-state index is 0.0760. The first-order chi connectivity index (χ1) is 9.66. The van der Waals surface area contributed by atoms with Crippen LogP contribution >= 0.6 is 0 Å². The van der Waals surface area contributed by atoms with Crippen molar-refractivity contribution >= 4 is 5.91 Å². The number of carbonyl (C=O) groups is 1. The third-order valence-corrected chi connectivity index (χ3v) is 3.82. The molecule has 1 fully saturated rings. The van der Waals surface area contributed by atoms with E-state index < -0.39 is 0 Å². The predicted octanol–water partition coefficient (Wildman–Crippen LogP) is 1.90. The number of hydrogen-bond acceptors (Lipinski definition) is 3. The van der Waals surface area contributed by atoms with Crippen molar-refractivity contribution < 1.29 is 14.6 Å². The van der Waals surface area contributed by atoms with Gasteiger partial charge in [-0.25, -0.2) is 0 Å². The zero-order valence-electron chi connectivity index (χ0n) is 12.0. The number of ether oxygens (including phenoxy) is 1. The molecule has 0 spiro atoms. The van der Waals surface area contributed by atoms with Crippen LogP contribution in [0.2, 0.25) is 0 Å². The summed E-state index contributed by atoms with van der Waals surface area (Å²) in [6.45, 7) is 3.94. The second kappa shape index (κ2) is 7.41. The van der Waals surface area contributed by atoms with Gasteiger partial charge >= 0.3 is 0 Å². The number of amides is 1. The van der Waals surface area contributed by atoms with E-state index in [1.807, 2.05) is 25.1 Å². The molecule has 1 saturated heterocycles. The summed E-state index contributed by atoms with van der Waals surface area (Å²) in [6.07, 6.45) is 2.07. The van der Waals surface area contributed by atoms with Gasteiger partial charge in [0.15, 0.2) is 0 Å². The third kappa shape index (κ3) is 4.32. The zero-order valence-corrected chi connectivity index (χ0v) is 12.0. The SMILES string of the molecule is Cc1cccc(C(=O)NCCC(O)C2CCOCC2)c1. The van der Waals surface area contributed by atoms with Crippen LogP contribution in [0, 0.1) is 12.8 Å². The van der Waals surface area contributed by atoms with Crippen molar-refractivity contribution in [2.24, 2.45) is 5.92 Å². The molecule has 1 atom stereocenters. The Balaban J connectivity index is 1.73. The second-order valence-corrected chi connectivity index (χ2v) is 5.43. The van der Waals surface area contributed by atoms with Crippen LogP contribution in [0.4, 0.5) is 0 Å². The Labute approximate surface area is 120 Å². The van der Waals surface area contributed by atoms with Crippen molar-refractivity contribution in [1.29, 1.82) is 0 Å². The molecule has 4 heteroatoms. The summed E-state index contributed by atoms with van der Waals surface area (Å²) in [5.41, 5.74) is 1.74. The Morgan fingerprint density at radius 1 is 1.45 bits per heavy atom. The van der Waals surface area contributed by atoms with E-state index in [-0.39, 0.29) is 12.0 Å². The number of nitrogens with one attached hydrogen (secondary N) is 1. The van der Waals surface area contributed by atoms with Crippen molar-refractivity contribution in [1.82, 2.24) is 5.32 Å². The first-order valence-corrected chi connectivity index (χ1v) is 7.27. The highest BCUT2D eigenvalue weighted by molar-refractivity contribution is 5.94. The van der Waals surface area contributed by atoms with E-state index in [4.69, 9.17) is 4.74 Å². The van der Waals surface area contributed by atoms with Gasteiger partial charge < -0.3 is 15.2 Å². The van der Waals surface area contributed by atoms with E-state index in [2.05, 4.69) is 5.32 Å². The highest BCUT2D eigenvalue weighted by Gasteiger charge is 2.21. The molecule has 0 saturated carbocycles. The van der Waals surface area contributed by atoms with E-state index in [1.165, 1.54) is 0 Å². The molecular weight excluding hydrogens is 254 g/mol. The van der Waals surface area contributed by atoms with Crippen LogP contribution in [0.1, 0.15) is 35.2 Å². The summed E-state index contributed by atoms with van der Waals surface area (Å²) in [5.74, 6) is 0.229. The molecule has 1 heterocycles. The molecule has 2 N–H and O–H groups in total. The van der Waals surface area contributed by atoms with Gasteiger partial charge in [-0.05, 0) is 44.2 Å². The topological polar surface area (TPSA) is 58.6 Å². The zero-order chi connectivity index (χ0) is 14.4. The minimum atomic E-state index is -0.350. The molecule has 1 unspecified atom stereocenters. The van der Waals surface area contributed by atoms with Crippen LogP contribution in [0.25, 0.3) is 0 Å². The Hall–Kier alpha value is -1.39. The number of benzene rings is 1. The molecule has 1 aromatic carbocycles. The number of aryl methyl sites for hydroxylation is 1. The van der Waals surface area contributed by atoms with E-state index in [1.54, 1.807) is 6.07 Å². The highest BCUT2D eigenvalue weighted by Crippen LogP contribution is 2.20. The summed E-state index contributed by atoms with van der Waals surface area (Å²) in [7, 11) is 0. The van der Waals surface area contributed by atoms with Gasteiger partial charge in [0.1, 0.15) is 0 Å². The van der Waals surface area contributed by atoms with Crippen LogP contribution in [0.3, 0.4) is 0 Å². The molecule has 0 radical (unpaired) electrons. The fraction of sp³-hybridized carbons (Fsp3) is 0.562. The highest BCUT2D eigenvalue weighted by atomic mass is 16.5. The van der Waals surface area contributed by atoms with Crippen LogP contribution in [-0.2, 0) is 4.74 Å². The Bertz CT molecular complexity index is 441. The maximum Gasteiger partial charge on any atom is 0.251 e. The quantitative estimate of drug-likeness (QED) is 0.864. The lowest BCUT2D eigenvalue weighted by molar-refractivity contribution is 0.00528. The summed E-state index contributed by atoms with van der Waals surface area (Å²) in [6, 6.07) is 7.51. The molecule has 2 rings (SSSR count). The molecule has 0 aliphatic carbocycles. The van der Waals surface area contributed by atoms with Crippen LogP contribution in [-0.4, -0.2) is 36.9 Å². The van der Waals surface area contributed by atoms with Gasteiger partial charge in [0.25, 0.3) is 5.91 Å². The molecule has 4 nitrogen and oxygen atoms in total. The Kier molecular flexibility index (Phi) is 5.56. The first kappa shape index (κ1) is 15.0. The summed E-state index contributed by atoms with van der Waals surface area (Å²) in [4.78, 5) is 11.9. The summed E-state index contributed by atoms with van der Waals surface area (Å²) < 4.78 is 5.28. The van der Waals surface area contributed by atoms with Crippen LogP contribution < -0.4 is 5.32 Å². The second-order valence-electron chi connectivity index (χ2n) is 5.43. The number of hydrogen-bond donors (Lipinski definition) is 2. The van der Waals surface area contributed by atoms with Gasteiger partial charge in [-0.15, -0.1) is 0 Å². The number of aliphatic hydroxyl groups is 1. The standard InChI is InChI=1S/C16H23NO3/c1-12-3-2-4-14(11-12)16(19)17-8-5-15(18)13-6-9-20-10-7-13/h2-4,11,13,15,18H,5-10H2,1H3,(H,17,19). The van der Waals surface area contributed by atoms with Gasteiger partial charge in [-0.2, -0.15) is 0 Å². The average molecular weight is 277 g/mol. The smallest absolute Gasteiger partial charge is 0.251 e. The first-order valence-electron chi connectivity index (χ1n) is 7.27. The van der Waals surface area contributed by atoms with E-state index in [0.29, 0.717) is 24.4 Å². The lowest BCUT2D eigenvalue weighted by Crippen LogP contribution is -2.32. The largest absolute Gasteiger partial charge is 0.393 e. The normalized spacial score (nSPS) is 17.7. The van der Waals surface area contributed by atoms with Gasteiger partial charge in [-0.3, -0.25) is 4.79 Å². The predicted molar refractivity (Wildman–Crippen MR) is 77.7 cm³/mol. The molecule has 20 heavy (non-hydrogen) atoms. The van der Waals surface area contributed by atoms with Crippen LogP contribution in [0.5, 0.6) is 0 Å². The van der Waals surface area contributed by atoms with Crippen molar-refractivity contribution in [2.45, 2.75) is 32.3 Å². The maximum atomic E-state index is 11.9. The molecule has 0 bridgehead atoms. The lowest BCUT2D eigenvalue weighted by atomic mass is 9.92. The molecular formula is C16H23NO3. The third-order valence-electron chi connectivity index (χ3n) is 3.82. The van der Waals surface area contributed by atoms with Gasteiger partial charge in [0.2, 0.25) is 0 Å². The fourth-order valence-corrected chi connectivity index (χ4v) is 2.56. The maximum absolute atomic E-state index is 11.9. The Morgan fingerprint density at radius 3 is 2.90 bits per heavy atom. The van der Waals surface area contributed by atoms with Crippen molar-refractivity contribution in [3.63, 3.8) is 0 Å². The average Bonchev–Trinajstić information content (AvgIpc) is 2.48. The van der Waals surface area contributed by atoms with E-state index >= 15 is 0 Å². The molecule has 1 amide bonds. The number of aliphatic hydroxyl groups excluding tert-OH is 1. The lowest BCUT2D eigenvalue weighted by Gasteiger charge is -2.26. The monoisotopic (exact) mass is 277 g/mol. The number of rotatable bonds is 5. The van der Waals surface area contributed by atoms with E-state index in [9.17, 15) is 9.90 Å². The molecule has 1 aromatic rings. The Morgan fingerprint density at radius 2 is 2.20 bits per heavy atom. The summed E-state index contributed by atoms with van der Waals surface area (Å²) >= 11 is 0. The molecule has 0 aromatic heterocycles. The van der Waals surface area contributed by atoms with Gasteiger partial charge in [-0.1, -0.05) is 17.7 Å².